The van der Waals surface area contributed by atoms with Crippen molar-refractivity contribution >= 4 is 40.9 Å². The normalized spacial score (nSPS) is 17.7. The number of carbonyl (C=O) groups excluding carboxylic acids is 3. The molecule has 0 bridgehead atoms. The first kappa shape index (κ1) is 20.9. The van der Waals surface area contributed by atoms with E-state index in [1.165, 1.54) is 12.1 Å². The van der Waals surface area contributed by atoms with Gasteiger partial charge in [0.2, 0.25) is 5.91 Å². The summed E-state index contributed by atoms with van der Waals surface area (Å²) in [5.41, 5.74) is 1.27. The Hall–Kier alpha value is -2.37. The van der Waals surface area contributed by atoms with E-state index in [1.54, 1.807) is 4.90 Å². The number of imide groups is 1. The quantitative estimate of drug-likeness (QED) is 0.647. The van der Waals surface area contributed by atoms with Gasteiger partial charge in [0, 0.05) is 19.5 Å². The molecule has 0 radical (unpaired) electrons. The summed E-state index contributed by atoms with van der Waals surface area (Å²) < 4.78 is 0. The van der Waals surface area contributed by atoms with Gasteiger partial charge in [-0.05, 0) is 30.5 Å². The number of hydrogen-bond acceptors (Lipinski definition) is 3. The number of carbonyl (C=O) groups is 3. The Labute approximate surface area is 185 Å². The van der Waals surface area contributed by atoms with Crippen molar-refractivity contribution in [2.75, 3.05) is 13.1 Å². The van der Waals surface area contributed by atoms with Gasteiger partial charge in [-0.2, -0.15) is 0 Å². The van der Waals surface area contributed by atoms with Crippen molar-refractivity contribution in [3.63, 3.8) is 0 Å². The Morgan fingerprint density at radius 3 is 1.93 bits per heavy atom. The standard InChI is InChI=1S/C23H22Cl2N2O3/c24-18-13-16-17(14-19(18)25)22(29)27(21(16)28)20(12-15-8-4-3-5-9-15)23(30)26-10-6-1-2-7-11-26/h3-5,8-9,13-14,20H,1-2,6-7,10-12H2/t20-/m1/s1. The Bertz CT molecular complexity index is 944. The predicted molar refractivity (Wildman–Crippen MR) is 116 cm³/mol. The largest absolute Gasteiger partial charge is 0.341 e. The highest BCUT2D eigenvalue weighted by Crippen LogP contribution is 2.33. The Kier molecular flexibility index (Phi) is 6.11. The van der Waals surface area contributed by atoms with Crippen LogP contribution in [0, 0.1) is 0 Å². The van der Waals surface area contributed by atoms with Crippen LogP contribution in [0.1, 0.15) is 52.0 Å². The number of amides is 3. The molecule has 0 N–H and O–H groups in total. The third-order valence-electron chi connectivity index (χ3n) is 5.75. The lowest BCUT2D eigenvalue weighted by Gasteiger charge is -2.31. The molecule has 7 heteroatoms. The van der Waals surface area contributed by atoms with Gasteiger partial charge < -0.3 is 4.90 Å². The van der Waals surface area contributed by atoms with Crippen molar-refractivity contribution in [1.29, 1.82) is 0 Å². The van der Waals surface area contributed by atoms with Crippen molar-refractivity contribution in [3.8, 4) is 0 Å². The van der Waals surface area contributed by atoms with Gasteiger partial charge in [-0.25, -0.2) is 0 Å². The van der Waals surface area contributed by atoms with Crippen molar-refractivity contribution in [2.45, 2.75) is 38.1 Å². The second-order valence-electron chi connectivity index (χ2n) is 7.74. The third-order valence-corrected chi connectivity index (χ3v) is 6.47. The lowest BCUT2D eigenvalue weighted by atomic mass is 10.0. The molecule has 1 fully saturated rings. The van der Waals surface area contributed by atoms with E-state index >= 15 is 0 Å². The molecule has 0 unspecified atom stereocenters. The molecule has 2 aromatic rings. The van der Waals surface area contributed by atoms with Gasteiger partial charge in [0.25, 0.3) is 11.8 Å². The topological polar surface area (TPSA) is 57.7 Å². The molecule has 5 nitrogen and oxygen atoms in total. The van der Waals surface area contributed by atoms with Gasteiger partial charge in [0.15, 0.2) is 0 Å². The summed E-state index contributed by atoms with van der Waals surface area (Å²) in [4.78, 5) is 42.8. The van der Waals surface area contributed by atoms with E-state index in [1.807, 2.05) is 30.3 Å². The number of rotatable bonds is 4. The number of halogens is 2. The molecule has 0 aliphatic carbocycles. The Balaban J connectivity index is 1.71. The Morgan fingerprint density at radius 2 is 1.40 bits per heavy atom. The average molecular weight is 445 g/mol. The minimum atomic E-state index is -0.907. The molecule has 2 aromatic carbocycles. The van der Waals surface area contributed by atoms with Gasteiger partial charge in [0.1, 0.15) is 6.04 Å². The van der Waals surface area contributed by atoms with Gasteiger partial charge in [0.05, 0.1) is 21.2 Å². The highest BCUT2D eigenvalue weighted by molar-refractivity contribution is 6.43. The number of likely N-dealkylation sites (tertiary alicyclic amines) is 1. The molecule has 0 spiro atoms. The molecule has 4 rings (SSSR count). The highest BCUT2D eigenvalue weighted by Gasteiger charge is 2.44. The maximum absolute atomic E-state index is 13.5. The number of benzene rings is 2. The molecule has 1 saturated heterocycles. The molecule has 0 aromatic heterocycles. The lowest BCUT2D eigenvalue weighted by Crippen LogP contribution is -2.52. The van der Waals surface area contributed by atoms with E-state index < -0.39 is 17.9 Å². The zero-order valence-corrected chi connectivity index (χ0v) is 18.0. The van der Waals surface area contributed by atoms with E-state index in [9.17, 15) is 14.4 Å². The van der Waals surface area contributed by atoms with Crippen LogP contribution >= 0.6 is 23.2 Å². The van der Waals surface area contributed by atoms with E-state index in [-0.39, 0.29) is 33.5 Å². The summed E-state index contributed by atoms with van der Waals surface area (Å²) >= 11 is 12.2. The van der Waals surface area contributed by atoms with E-state index in [4.69, 9.17) is 23.2 Å². The fraction of sp³-hybridized carbons (Fsp3) is 0.348. The SMILES string of the molecule is O=C([C@@H](Cc1ccccc1)N1C(=O)c2cc(Cl)c(Cl)cc2C1=O)N1CCCCCC1. The first-order chi connectivity index (χ1) is 14.5. The fourth-order valence-corrected chi connectivity index (χ4v) is 4.49. The van der Waals surface area contributed by atoms with Crippen LogP contribution in [-0.2, 0) is 11.2 Å². The van der Waals surface area contributed by atoms with Crippen LogP contribution in [0.3, 0.4) is 0 Å². The average Bonchev–Trinajstić information content (AvgIpc) is 2.94. The lowest BCUT2D eigenvalue weighted by molar-refractivity contribution is -0.135. The molecular formula is C23H22Cl2N2O3. The molecule has 2 aliphatic heterocycles. The maximum atomic E-state index is 13.5. The summed E-state index contributed by atoms with van der Waals surface area (Å²) in [6.07, 6.45) is 4.28. The van der Waals surface area contributed by atoms with E-state index in [2.05, 4.69) is 0 Å². The summed E-state index contributed by atoms with van der Waals surface area (Å²) in [6, 6.07) is 11.4. The van der Waals surface area contributed by atoms with Crippen molar-refractivity contribution in [3.05, 3.63) is 69.2 Å². The van der Waals surface area contributed by atoms with Crippen LogP contribution in [0.2, 0.25) is 10.0 Å². The zero-order chi connectivity index (χ0) is 21.3. The Morgan fingerprint density at radius 1 is 0.867 bits per heavy atom. The fourth-order valence-electron chi connectivity index (χ4n) is 4.16. The van der Waals surface area contributed by atoms with Gasteiger partial charge in [-0.1, -0.05) is 66.4 Å². The van der Waals surface area contributed by atoms with Gasteiger partial charge in [-0.15, -0.1) is 0 Å². The summed E-state index contributed by atoms with van der Waals surface area (Å²) in [7, 11) is 0. The second kappa shape index (κ2) is 8.78. The van der Waals surface area contributed by atoms with Crippen LogP contribution in [0.5, 0.6) is 0 Å². The number of hydrogen-bond donors (Lipinski definition) is 0. The van der Waals surface area contributed by atoms with Crippen LogP contribution < -0.4 is 0 Å². The smallest absolute Gasteiger partial charge is 0.262 e. The predicted octanol–water partition coefficient (Wildman–Crippen LogP) is 4.60. The minimum absolute atomic E-state index is 0.188. The molecule has 0 saturated carbocycles. The number of nitrogens with zero attached hydrogens (tertiary/aromatic N) is 2. The highest BCUT2D eigenvalue weighted by atomic mass is 35.5. The summed E-state index contributed by atoms with van der Waals surface area (Å²) in [5.74, 6) is -1.19. The van der Waals surface area contributed by atoms with Crippen LogP contribution in [0.25, 0.3) is 0 Å². The molecule has 2 aliphatic rings. The molecule has 156 valence electrons. The van der Waals surface area contributed by atoms with Gasteiger partial charge in [-0.3, -0.25) is 19.3 Å². The zero-order valence-electron chi connectivity index (χ0n) is 16.4. The first-order valence-electron chi connectivity index (χ1n) is 10.2. The monoisotopic (exact) mass is 444 g/mol. The van der Waals surface area contributed by atoms with Crippen LogP contribution in [0.4, 0.5) is 0 Å². The van der Waals surface area contributed by atoms with Crippen molar-refractivity contribution in [2.24, 2.45) is 0 Å². The first-order valence-corrected chi connectivity index (χ1v) is 10.9. The minimum Gasteiger partial charge on any atom is -0.341 e. The molecule has 30 heavy (non-hydrogen) atoms. The van der Waals surface area contributed by atoms with Gasteiger partial charge >= 0.3 is 0 Å². The van der Waals surface area contributed by atoms with E-state index in [0.717, 1.165) is 36.1 Å². The van der Waals surface area contributed by atoms with Crippen molar-refractivity contribution < 1.29 is 14.4 Å². The van der Waals surface area contributed by atoms with Crippen LogP contribution in [0.15, 0.2) is 42.5 Å². The molecular weight excluding hydrogens is 423 g/mol. The molecule has 3 amide bonds. The van der Waals surface area contributed by atoms with E-state index in [0.29, 0.717) is 13.1 Å². The van der Waals surface area contributed by atoms with Crippen molar-refractivity contribution in [1.82, 2.24) is 9.80 Å². The maximum Gasteiger partial charge on any atom is 0.262 e. The molecule has 1 atom stereocenters. The number of fused-ring (bicyclic) bond motifs is 1. The summed E-state index contributed by atoms with van der Waals surface area (Å²) in [6.45, 7) is 1.29. The summed E-state index contributed by atoms with van der Waals surface area (Å²) in [5, 5.41) is 0.411. The second-order valence-corrected chi connectivity index (χ2v) is 8.55. The molecule has 2 heterocycles. The van der Waals surface area contributed by atoms with Crippen LogP contribution in [-0.4, -0.2) is 46.7 Å². The third kappa shape index (κ3) is 3.96.